The standard InChI is InChI=1S/C15H18O9/c16-8-3-1-7(5-9(8)17)2-4-11(18)23-6-10-12(19)13(20)14(21)15(22)24-10/h1-5,10,12-17,19-22H,6H2/t10-,12+,13-,14-,15-/m1/s1. The van der Waals surface area contributed by atoms with Gasteiger partial charge >= 0.3 is 5.97 Å². The highest BCUT2D eigenvalue weighted by atomic mass is 16.6. The van der Waals surface area contributed by atoms with E-state index >= 15 is 0 Å². The largest absolute Gasteiger partial charge is 0.504 e. The zero-order chi connectivity index (χ0) is 17.9. The molecule has 24 heavy (non-hydrogen) atoms. The van der Waals surface area contributed by atoms with E-state index in [2.05, 4.69) is 0 Å². The molecular weight excluding hydrogens is 324 g/mol. The van der Waals surface area contributed by atoms with Gasteiger partial charge in [-0.15, -0.1) is 0 Å². The zero-order valence-corrected chi connectivity index (χ0v) is 12.4. The molecule has 1 aromatic carbocycles. The average Bonchev–Trinajstić information content (AvgIpc) is 2.56. The smallest absolute Gasteiger partial charge is 0.330 e. The average molecular weight is 342 g/mol. The summed E-state index contributed by atoms with van der Waals surface area (Å²) in [5.41, 5.74) is 0.435. The number of carbonyl (C=O) groups is 1. The molecule has 0 spiro atoms. The van der Waals surface area contributed by atoms with Gasteiger partial charge in [0.2, 0.25) is 0 Å². The van der Waals surface area contributed by atoms with Crippen LogP contribution in [-0.4, -0.2) is 73.9 Å². The third-order valence-corrected chi connectivity index (χ3v) is 3.49. The lowest BCUT2D eigenvalue weighted by Crippen LogP contribution is -2.58. The quantitative estimate of drug-likeness (QED) is 0.217. The van der Waals surface area contributed by atoms with Gasteiger partial charge in [0.1, 0.15) is 31.0 Å². The van der Waals surface area contributed by atoms with Gasteiger partial charge in [0.25, 0.3) is 0 Å². The van der Waals surface area contributed by atoms with Crippen LogP contribution in [0.5, 0.6) is 11.5 Å². The van der Waals surface area contributed by atoms with Crippen LogP contribution in [0.4, 0.5) is 0 Å². The second kappa shape index (κ2) is 7.60. The lowest BCUT2D eigenvalue weighted by Gasteiger charge is -2.37. The van der Waals surface area contributed by atoms with Crippen LogP contribution in [0.2, 0.25) is 0 Å². The van der Waals surface area contributed by atoms with Gasteiger partial charge < -0.3 is 40.1 Å². The SMILES string of the molecule is O=C(C=Cc1ccc(O)c(O)c1)OC[C@H]1O[C@@H](O)[C@H](O)[C@H](O)[C@H]1O. The van der Waals surface area contributed by atoms with Crippen molar-refractivity contribution in [3.8, 4) is 11.5 Å². The van der Waals surface area contributed by atoms with Crippen molar-refractivity contribution in [3.05, 3.63) is 29.8 Å². The summed E-state index contributed by atoms with van der Waals surface area (Å²) in [6, 6.07) is 3.95. The number of hydrogen-bond acceptors (Lipinski definition) is 9. The number of aliphatic hydroxyl groups is 4. The number of rotatable bonds is 4. The molecular formula is C15H18O9. The van der Waals surface area contributed by atoms with Gasteiger partial charge in [0, 0.05) is 6.08 Å². The van der Waals surface area contributed by atoms with Crippen LogP contribution in [-0.2, 0) is 14.3 Å². The normalized spacial score (nSPS) is 30.4. The Kier molecular flexibility index (Phi) is 5.75. The summed E-state index contributed by atoms with van der Waals surface area (Å²) < 4.78 is 9.69. The van der Waals surface area contributed by atoms with Crippen molar-refractivity contribution >= 4 is 12.0 Å². The molecule has 1 fully saturated rings. The molecule has 1 aliphatic heterocycles. The van der Waals surface area contributed by atoms with E-state index in [-0.39, 0.29) is 11.5 Å². The van der Waals surface area contributed by atoms with Crippen LogP contribution < -0.4 is 0 Å². The highest BCUT2D eigenvalue weighted by Crippen LogP contribution is 2.25. The lowest BCUT2D eigenvalue weighted by atomic mass is 9.99. The third kappa shape index (κ3) is 4.22. The van der Waals surface area contributed by atoms with E-state index in [0.717, 1.165) is 6.08 Å². The number of aliphatic hydroxyl groups excluding tert-OH is 4. The first-order valence-corrected chi connectivity index (χ1v) is 7.04. The predicted molar refractivity (Wildman–Crippen MR) is 78.7 cm³/mol. The zero-order valence-electron chi connectivity index (χ0n) is 12.4. The number of phenols is 2. The first-order valence-electron chi connectivity index (χ1n) is 7.04. The molecule has 0 amide bonds. The number of hydrogen-bond donors (Lipinski definition) is 6. The molecule has 6 N–H and O–H groups in total. The number of carbonyl (C=O) groups excluding carboxylic acids is 1. The predicted octanol–water partition coefficient (Wildman–Crippen LogP) is -1.55. The van der Waals surface area contributed by atoms with E-state index in [0.29, 0.717) is 5.56 Å². The number of benzene rings is 1. The summed E-state index contributed by atoms with van der Waals surface area (Å²) in [5, 5.41) is 56.4. The molecule has 9 heteroatoms. The van der Waals surface area contributed by atoms with E-state index in [1.54, 1.807) is 0 Å². The Morgan fingerprint density at radius 3 is 2.46 bits per heavy atom. The first kappa shape index (κ1) is 18.2. The summed E-state index contributed by atoms with van der Waals surface area (Å²) in [6.45, 7) is -0.452. The summed E-state index contributed by atoms with van der Waals surface area (Å²) >= 11 is 0. The second-order valence-corrected chi connectivity index (χ2v) is 5.25. The third-order valence-electron chi connectivity index (χ3n) is 3.49. The van der Waals surface area contributed by atoms with Gasteiger partial charge in [-0.2, -0.15) is 0 Å². The fraction of sp³-hybridized carbons (Fsp3) is 0.400. The summed E-state index contributed by atoms with van der Waals surface area (Å²) in [7, 11) is 0. The van der Waals surface area contributed by atoms with Crippen molar-refractivity contribution in [1.82, 2.24) is 0 Å². The molecule has 0 unspecified atom stereocenters. The Hall–Kier alpha value is -2.17. The van der Waals surface area contributed by atoms with Crippen molar-refractivity contribution < 1.29 is 44.9 Å². The van der Waals surface area contributed by atoms with Crippen LogP contribution in [0.1, 0.15) is 5.56 Å². The van der Waals surface area contributed by atoms with E-state index in [4.69, 9.17) is 9.47 Å². The summed E-state index contributed by atoms with van der Waals surface area (Å²) in [5.74, 6) is -1.43. The Balaban J connectivity index is 1.88. The van der Waals surface area contributed by atoms with E-state index in [1.165, 1.54) is 24.3 Å². The highest BCUT2D eigenvalue weighted by Gasteiger charge is 2.43. The van der Waals surface area contributed by atoms with Crippen LogP contribution in [0, 0.1) is 0 Å². The van der Waals surface area contributed by atoms with Crippen LogP contribution >= 0.6 is 0 Å². The molecule has 0 aromatic heterocycles. The van der Waals surface area contributed by atoms with Crippen molar-refractivity contribution in [2.45, 2.75) is 30.7 Å². The minimum Gasteiger partial charge on any atom is -0.504 e. The van der Waals surface area contributed by atoms with Crippen molar-refractivity contribution in [2.24, 2.45) is 0 Å². The molecule has 1 heterocycles. The van der Waals surface area contributed by atoms with E-state index in [9.17, 15) is 35.4 Å². The molecule has 0 radical (unpaired) electrons. The monoisotopic (exact) mass is 342 g/mol. The number of aromatic hydroxyl groups is 2. The minimum atomic E-state index is -1.71. The molecule has 132 valence electrons. The van der Waals surface area contributed by atoms with Crippen molar-refractivity contribution in [1.29, 1.82) is 0 Å². The van der Waals surface area contributed by atoms with Crippen LogP contribution in [0.25, 0.3) is 6.08 Å². The Morgan fingerprint density at radius 1 is 1.08 bits per heavy atom. The highest BCUT2D eigenvalue weighted by molar-refractivity contribution is 5.87. The van der Waals surface area contributed by atoms with Crippen molar-refractivity contribution in [2.75, 3.05) is 6.61 Å². The molecule has 1 aromatic rings. The molecule has 9 nitrogen and oxygen atoms in total. The van der Waals surface area contributed by atoms with Crippen molar-refractivity contribution in [3.63, 3.8) is 0 Å². The Morgan fingerprint density at radius 2 is 1.79 bits per heavy atom. The molecule has 0 aliphatic carbocycles. The molecule has 0 saturated carbocycles. The fourth-order valence-corrected chi connectivity index (χ4v) is 2.09. The van der Waals surface area contributed by atoms with Gasteiger partial charge in [-0.25, -0.2) is 4.79 Å². The Labute approximate surface area is 136 Å². The van der Waals surface area contributed by atoms with Gasteiger partial charge in [0.15, 0.2) is 17.8 Å². The molecule has 2 rings (SSSR count). The summed E-state index contributed by atoms with van der Waals surface area (Å²) in [6.07, 6.45) is -5.36. The van der Waals surface area contributed by atoms with Gasteiger partial charge in [-0.1, -0.05) is 6.07 Å². The molecule has 0 bridgehead atoms. The Bertz CT molecular complexity index is 615. The number of ether oxygens (including phenoxy) is 2. The molecule has 1 aliphatic rings. The fourth-order valence-electron chi connectivity index (χ4n) is 2.09. The maximum atomic E-state index is 11.6. The summed E-state index contributed by atoms with van der Waals surface area (Å²) in [4.78, 5) is 11.6. The number of esters is 1. The number of phenolic OH excluding ortho intramolecular Hbond substituents is 2. The lowest BCUT2D eigenvalue weighted by molar-refractivity contribution is -0.287. The van der Waals surface area contributed by atoms with Crippen LogP contribution in [0.3, 0.4) is 0 Å². The van der Waals surface area contributed by atoms with E-state index in [1.807, 2.05) is 0 Å². The van der Waals surface area contributed by atoms with Gasteiger partial charge in [-0.3, -0.25) is 0 Å². The molecule has 1 saturated heterocycles. The second-order valence-electron chi connectivity index (χ2n) is 5.25. The minimum absolute atomic E-state index is 0.294. The maximum absolute atomic E-state index is 11.6. The first-order chi connectivity index (χ1) is 11.3. The van der Waals surface area contributed by atoms with Gasteiger partial charge in [-0.05, 0) is 23.8 Å². The topological polar surface area (TPSA) is 157 Å². The van der Waals surface area contributed by atoms with Gasteiger partial charge in [0.05, 0.1) is 0 Å². The van der Waals surface area contributed by atoms with Crippen LogP contribution in [0.15, 0.2) is 24.3 Å². The molecule has 5 atom stereocenters. The maximum Gasteiger partial charge on any atom is 0.330 e. The van der Waals surface area contributed by atoms with E-state index < -0.39 is 43.3 Å².